The molecule has 0 aliphatic rings. The first kappa shape index (κ1) is 21.6. The monoisotopic (exact) mass is 462 g/mol. The first-order valence-corrected chi connectivity index (χ1v) is 10.5. The number of halogens is 1. The highest BCUT2D eigenvalue weighted by atomic mass is 79.9. The van der Waals surface area contributed by atoms with Crippen molar-refractivity contribution in [2.24, 2.45) is 0 Å². The van der Waals surface area contributed by atoms with Crippen molar-refractivity contribution in [1.82, 2.24) is 0 Å². The van der Waals surface area contributed by atoms with Crippen LogP contribution in [0.15, 0.2) is 83.9 Å². The van der Waals surface area contributed by atoms with Crippen LogP contribution in [0, 0.1) is 0 Å². The lowest BCUT2D eigenvalue weighted by molar-refractivity contribution is 0.112. The predicted octanol–water partition coefficient (Wildman–Crippen LogP) is 6.58. The van der Waals surface area contributed by atoms with Crippen molar-refractivity contribution in [3.05, 3.63) is 106 Å². The van der Waals surface area contributed by atoms with E-state index in [1.807, 2.05) is 83.9 Å². The summed E-state index contributed by atoms with van der Waals surface area (Å²) in [5.74, 6) is 1.14. The third-order valence-electron chi connectivity index (χ3n) is 4.66. The fourth-order valence-electron chi connectivity index (χ4n) is 3.05. The fraction of sp³-hybridized carbons (Fsp3) is 0.115. The number of carbonyl (C=O) groups is 1. The SMILES string of the molecule is COc1cc(C/C=C/c2ccccc2)c(C=O)cc1OC/C(=C\Br)c1ccccc1. The molecule has 0 spiro atoms. The van der Waals surface area contributed by atoms with Gasteiger partial charge in [-0.15, -0.1) is 0 Å². The van der Waals surface area contributed by atoms with Crippen LogP contribution in [0.1, 0.15) is 27.0 Å². The molecule has 0 atom stereocenters. The van der Waals surface area contributed by atoms with Crippen LogP contribution in [0.5, 0.6) is 11.5 Å². The normalized spacial score (nSPS) is 11.5. The van der Waals surface area contributed by atoms with E-state index in [9.17, 15) is 4.79 Å². The Morgan fingerprint density at radius 3 is 2.30 bits per heavy atom. The van der Waals surface area contributed by atoms with Gasteiger partial charge in [-0.2, -0.15) is 0 Å². The van der Waals surface area contributed by atoms with Crippen molar-refractivity contribution in [3.63, 3.8) is 0 Å². The van der Waals surface area contributed by atoms with E-state index in [1.165, 1.54) is 0 Å². The largest absolute Gasteiger partial charge is 0.493 e. The standard InChI is InChI=1S/C26H23BrO3/c1-29-25-15-22(14-8-11-20-9-4-2-5-10-20)23(18-28)16-26(25)30-19-24(17-27)21-12-6-3-7-13-21/h2-13,15-18H,14,19H2,1H3/b11-8+,24-17+. The van der Waals surface area contributed by atoms with Crippen molar-refractivity contribution < 1.29 is 14.3 Å². The zero-order valence-electron chi connectivity index (χ0n) is 16.8. The molecule has 30 heavy (non-hydrogen) atoms. The summed E-state index contributed by atoms with van der Waals surface area (Å²) in [7, 11) is 1.60. The second-order valence-corrected chi connectivity index (χ2v) is 7.08. The van der Waals surface area contributed by atoms with Crippen LogP contribution in [0.25, 0.3) is 11.6 Å². The molecule has 0 amide bonds. The summed E-state index contributed by atoms with van der Waals surface area (Å²) in [4.78, 5) is 13.5. The number of methoxy groups -OCH3 is 1. The highest BCUT2D eigenvalue weighted by Gasteiger charge is 2.12. The zero-order valence-corrected chi connectivity index (χ0v) is 18.3. The maximum atomic E-state index is 11.7. The van der Waals surface area contributed by atoms with Gasteiger partial charge in [0.25, 0.3) is 0 Å². The van der Waals surface area contributed by atoms with Crippen LogP contribution >= 0.6 is 15.9 Å². The molecule has 0 unspecified atom stereocenters. The Labute approximate surface area is 185 Å². The molecule has 152 valence electrons. The Morgan fingerprint density at radius 1 is 0.967 bits per heavy atom. The van der Waals surface area contributed by atoms with Gasteiger partial charge in [0.1, 0.15) is 12.9 Å². The number of hydrogen-bond acceptors (Lipinski definition) is 3. The van der Waals surface area contributed by atoms with Crippen molar-refractivity contribution in [3.8, 4) is 11.5 Å². The minimum Gasteiger partial charge on any atom is -0.493 e. The summed E-state index contributed by atoms with van der Waals surface area (Å²) in [5, 5.41) is 0. The van der Waals surface area contributed by atoms with E-state index in [4.69, 9.17) is 9.47 Å². The molecule has 3 rings (SSSR count). The number of ether oxygens (including phenoxy) is 2. The van der Waals surface area contributed by atoms with Gasteiger partial charge in [0.15, 0.2) is 11.5 Å². The van der Waals surface area contributed by atoms with Crippen LogP contribution in [0.3, 0.4) is 0 Å². The van der Waals surface area contributed by atoms with E-state index in [1.54, 1.807) is 13.2 Å². The molecular formula is C26H23BrO3. The highest BCUT2D eigenvalue weighted by Crippen LogP contribution is 2.32. The average molecular weight is 463 g/mol. The zero-order chi connectivity index (χ0) is 21.2. The third kappa shape index (κ3) is 5.71. The summed E-state index contributed by atoms with van der Waals surface area (Å²) < 4.78 is 11.5. The molecule has 0 N–H and O–H groups in total. The predicted molar refractivity (Wildman–Crippen MR) is 126 cm³/mol. The van der Waals surface area contributed by atoms with Gasteiger partial charge in [-0.05, 0) is 40.2 Å². The van der Waals surface area contributed by atoms with Crippen LogP contribution in [-0.2, 0) is 6.42 Å². The number of rotatable bonds is 9. The van der Waals surface area contributed by atoms with E-state index >= 15 is 0 Å². The Balaban J connectivity index is 1.77. The van der Waals surface area contributed by atoms with Gasteiger partial charge >= 0.3 is 0 Å². The van der Waals surface area contributed by atoms with E-state index in [-0.39, 0.29) is 0 Å². The number of aldehydes is 1. The number of allylic oxidation sites excluding steroid dienone is 1. The van der Waals surface area contributed by atoms with Crippen molar-refractivity contribution in [2.75, 3.05) is 13.7 Å². The number of carbonyl (C=O) groups excluding carboxylic acids is 1. The summed E-state index contributed by atoms with van der Waals surface area (Å²) in [6, 6.07) is 23.6. The quantitative estimate of drug-likeness (QED) is 0.337. The van der Waals surface area contributed by atoms with Gasteiger partial charge in [0.05, 0.1) is 7.11 Å². The summed E-state index contributed by atoms with van der Waals surface area (Å²) in [5.41, 5.74) is 4.65. The molecule has 0 aliphatic heterocycles. The van der Waals surface area contributed by atoms with Gasteiger partial charge < -0.3 is 9.47 Å². The van der Waals surface area contributed by atoms with Gasteiger partial charge in [0, 0.05) is 11.1 Å². The Kier molecular flexibility index (Phi) is 8.04. The molecule has 4 heteroatoms. The third-order valence-corrected chi connectivity index (χ3v) is 5.21. The summed E-state index contributed by atoms with van der Waals surface area (Å²) in [6.07, 6.45) is 5.56. The first-order chi connectivity index (χ1) is 14.7. The molecular weight excluding hydrogens is 440 g/mol. The summed E-state index contributed by atoms with van der Waals surface area (Å²) >= 11 is 3.41. The average Bonchev–Trinajstić information content (AvgIpc) is 2.81. The van der Waals surface area contributed by atoms with Crippen molar-refractivity contribution in [2.45, 2.75) is 6.42 Å². The molecule has 3 aromatic carbocycles. The molecule has 0 aromatic heterocycles. The second-order valence-electron chi connectivity index (χ2n) is 6.63. The van der Waals surface area contributed by atoms with E-state index in [0.29, 0.717) is 30.1 Å². The smallest absolute Gasteiger partial charge is 0.162 e. The molecule has 0 aliphatic carbocycles. The van der Waals surface area contributed by atoms with Crippen molar-refractivity contribution >= 4 is 33.9 Å². The van der Waals surface area contributed by atoms with Gasteiger partial charge in [0.2, 0.25) is 0 Å². The van der Waals surface area contributed by atoms with E-state index < -0.39 is 0 Å². The lowest BCUT2D eigenvalue weighted by atomic mass is 10.0. The van der Waals surface area contributed by atoms with E-state index in [0.717, 1.165) is 28.5 Å². The van der Waals surface area contributed by atoms with Crippen molar-refractivity contribution in [1.29, 1.82) is 0 Å². The number of hydrogen-bond donors (Lipinski definition) is 0. The van der Waals surface area contributed by atoms with Crippen LogP contribution in [-0.4, -0.2) is 20.0 Å². The van der Waals surface area contributed by atoms with Gasteiger partial charge in [-0.25, -0.2) is 0 Å². The van der Waals surface area contributed by atoms with E-state index in [2.05, 4.69) is 15.9 Å². The molecule has 0 radical (unpaired) electrons. The molecule has 3 aromatic rings. The molecule has 0 saturated carbocycles. The summed E-state index contributed by atoms with van der Waals surface area (Å²) in [6.45, 7) is 0.344. The maximum absolute atomic E-state index is 11.7. The molecule has 0 fully saturated rings. The Morgan fingerprint density at radius 2 is 1.67 bits per heavy atom. The van der Waals surface area contributed by atoms with Crippen LogP contribution < -0.4 is 9.47 Å². The number of benzene rings is 3. The second kappa shape index (κ2) is 11.2. The minimum absolute atomic E-state index is 0.344. The topological polar surface area (TPSA) is 35.5 Å². The van der Waals surface area contributed by atoms with Gasteiger partial charge in [-0.3, -0.25) is 4.79 Å². The lowest BCUT2D eigenvalue weighted by Gasteiger charge is -2.15. The lowest BCUT2D eigenvalue weighted by Crippen LogP contribution is -2.04. The minimum atomic E-state index is 0.344. The van der Waals surface area contributed by atoms with Crippen LogP contribution in [0.2, 0.25) is 0 Å². The van der Waals surface area contributed by atoms with Gasteiger partial charge in [-0.1, -0.05) is 88.7 Å². The Hall–Kier alpha value is -3.11. The van der Waals surface area contributed by atoms with Crippen LogP contribution in [0.4, 0.5) is 0 Å². The molecule has 0 bridgehead atoms. The molecule has 0 heterocycles. The molecule has 0 saturated heterocycles. The highest BCUT2D eigenvalue weighted by molar-refractivity contribution is 9.11. The molecule has 3 nitrogen and oxygen atoms in total. The Bertz CT molecular complexity index is 1020. The maximum Gasteiger partial charge on any atom is 0.162 e. The fourth-order valence-corrected chi connectivity index (χ4v) is 3.44. The first-order valence-electron chi connectivity index (χ1n) is 9.60.